The largest absolute Gasteiger partial charge is 0.469 e. The van der Waals surface area contributed by atoms with Gasteiger partial charge in [-0.05, 0) is 58.0 Å². The maximum atomic E-state index is 5.39. The monoisotopic (exact) mass is 478 g/mol. The van der Waals surface area contributed by atoms with E-state index in [4.69, 9.17) is 9.41 Å². The fourth-order valence-corrected chi connectivity index (χ4v) is 2.73. The molecule has 0 fully saturated rings. The van der Waals surface area contributed by atoms with E-state index in [-0.39, 0.29) is 24.0 Å². The molecule has 1 unspecified atom stereocenters. The molecule has 0 saturated carbocycles. The van der Waals surface area contributed by atoms with E-state index >= 15 is 0 Å². The first kappa shape index (κ1) is 25.2. The standard InChI is InChI=1S/C20H38N4O.HI/c1-5-8-14-21-20(22-15-13-19-12-10-17-25-19)23-18(4)11-9-16-24(6-2)7-3;/h10,12,17-18H,5-9,11,13-16H2,1-4H3,(H2,21,22,23);1H. The summed E-state index contributed by atoms with van der Waals surface area (Å²) in [6.45, 7) is 14.0. The first-order chi connectivity index (χ1) is 12.2. The van der Waals surface area contributed by atoms with Crippen molar-refractivity contribution in [2.75, 3.05) is 32.7 Å². The predicted octanol–water partition coefficient (Wildman–Crippen LogP) is 4.29. The Balaban J connectivity index is 0.00000625. The van der Waals surface area contributed by atoms with Crippen molar-refractivity contribution < 1.29 is 4.42 Å². The van der Waals surface area contributed by atoms with Crippen LogP contribution in [0.5, 0.6) is 0 Å². The van der Waals surface area contributed by atoms with Crippen LogP contribution in [-0.4, -0.2) is 49.6 Å². The van der Waals surface area contributed by atoms with Crippen LogP contribution in [-0.2, 0) is 6.42 Å². The minimum atomic E-state index is 0. The quantitative estimate of drug-likeness (QED) is 0.192. The zero-order valence-corrected chi connectivity index (χ0v) is 19.4. The molecule has 2 N–H and O–H groups in total. The van der Waals surface area contributed by atoms with Gasteiger partial charge in [0.25, 0.3) is 0 Å². The number of nitrogens with one attached hydrogen (secondary N) is 2. The Kier molecular flexibility index (Phi) is 15.9. The maximum absolute atomic E-state index is 5.39. The smallest absolute Gasteiger partial charge is 0.191 e. The SMILES string of the molecule is CCCCN=C(NCCc1ccco1)NC(C)CCCN(CC)CC.I. The molecule has 1 aromatic rings. The van der Waals surface area contributed by atoms with Crippen LogP contribution in [0.2, 0.25) is 0 Å². The number of furan rings is 1. The predicted molar refractivity (Wildman–Crippen MR) is 123 cm³/mol. The van der Waals surface area contributed by atoms with Crippen molar-refractivity contribution in [1.29, 1.82) is 0 Å². The van der Waals surface area contributed by atoms with Gasteiger partial charge in [0, 0.05) is 25.6 Å². The van der Waals surface area contributed by atoms with E-state index in [1.54, 1.807) is 6.26 Å². The summed E-state index contributed by atoms with van der Waals surface area (Å²) >= 11 is 0. The van der Waals surface area contributed by atoms with Crippen LogP contribution in [0.3, 0.4) is 0 Å². The molecule has 0 bridgehead atoms. The lowest BCUT2D eigenvalue weighted by Gasteiger charge is -2.21. The van der Waals surface area contributed by atoms with Gasteiger partial charge in [0.05, 0.1) is 6.26 Å². The van der Waals surface area contributed by atoms with Crippen LogP contribution in [0.15, 0.2) is 27.8 Å². The highest BCUT2D eigenvalue weighted by Crippen LogP contribution is 2.01. The second-order valence-corrected chi connectivity index (χ2v) is 6.55. The van der Waals surface area contributed by atoms with Crippen molar-refractivity contribution in [3.05, 3.63) is 24.2 Å². The number of guanidine groups is 1. The number of nitrogens with zero attached hydrogens (tertiary/aromatic N) is 2. The first-order valence-electron chi connectivity index (χ1n) is 9.99. The average molecular weight is 478 g/mol. The molecular formula is C20H39IN4O. The lowest BCUT2D eigenvalue weighted by atomic mass is 10.2. The highest BCUT2D eigenvalue weighted by molar-refractivity contribution is 14.0. The molecule has 1 atom stereocenters. The van der Waals surface area contributed by atoms with E-state index in [1.165, 1.54) is 19.4 Å². The highest BCUT2D eigenvalue weighted by Gasteiger charge is 2.07. The Labute approximate surface area is 177 Å². The third-order valence-electron chi connectivity index (χ3n) is 4.41. The molecule has 1 heterocycles. The number of hydrogen-bond acceptors (Lipinski definition) is 3. The summed E-state index contributed by atoms with van der Waals surface area (Å²) in [5.74, 6) is 1.93. The van der Waals surface area contributed by atoms with E-state index in [0.717, 1.165) is 57.2 Å². The molecule has 6 heteroatoms. The third kappa shape index (κ3) is 11.8. The summed E-state index contributed by atoms with van der Waals surface area (Å²) in [4.78, 5) is 7.18. The molecule has 0 amide bonds. The minimum Gasteiger partial charge on any atom is -0.469 e. The van der Waals surface area contributed by atoms with Crippen molar-refractivity contribution in [3.8, 4) is 0 Å². The Morgan fingerprint density at radius 1 is 1.23 bits per heavy atom. The van der Waals surface area contributed by atoms with Gasteiger partial charge in [-0.1, -0.05) is 27.2 Å². The number of aliphatic imine (C=N–C) groups is 1. The molecule has 1 rings (SSSR count). The Bertz CT molecular complexity index is 447. The van der Waals surface area contributed by atoms with E-state index in [0.29, 0.717) is 6.04 Å². The molecular weight excluding hydrogens is 439 g/mol. The second-order valence-electron chi connectivity index (χ2n) is 6.55. The van der Waals surface area contributed by atoms with E-state index in [2.05, 4.69) is 43.2 Å². The molecule has 0 saturated heterocycles. The second kappa shape index (κ2) is 16.4. The molecule has 0 spiro atoms. The summed E-state index contributed by atoms with van der Waals surface area (Å²) < 4.78 is 5.39. The number of rotatable bonds is 13. The fraction of sp³-hybridized carbons (Fsp3) is 0.750. The van der Waals surface area contributed by atoms with Gasteiger partial charge in [0.15, 0.2) is 5.96 Å². The van der Waals surface area contributed by atoms with Crippen molar-refractivity contribution in [3.63, 3.8) is 0 Å². The zero-order valence-electron chi connectivity index (χ0n) is 17.1. The van der Waals surface area contributed by atoms with Gasteiger partial charge in [-0.2, -0.15) is 0 Å². The number of hydrogen-bond donors (Lipinski definition) is 2. The van der Waals surface area contributed by atoms with Crippen LogP contribution in [0.1, 0.15) is 59.1 Å². The van der Waals surface area contributed by atoms with Gasteiger partial charge in [0.1, 0.15) is 5.76 Å². The van der Waals surface area contributed by atoms with Crippen LogP contribution in [0.25, 0.3) is 0 Å². The summed E-state index contributed by atoms with van der Waals surface area (Å²) in [5, 5.41) is 6.99. The molecule has 0 aliphatic heterocycles. The normalized spacial score (nSPS) is 12.7. The first-order valence-corrected chi connectivity index (χ1v) is 9.99. The lowest BCUT2D eigenvalue weighted by molar-refractivity contribution is 0.292. The Morgan fingerprint density at radius 3 is 2.62 bits per heavy atom. The molecule has 26 heavy (non-hydrogen) atoms. The Morgan fingerprint density at radius 2 is 2.00 bits per heavy atom. The van der Waals surface area contributed by atoms with Crippen molar-refractivity contribution >= 4 is 29.9 Å². The fourth-order valence-electron chi connectivity index (χ4n) is 2.73. The van der Waals surface area contributed by atoms with E-state index in [9.17, 15) is 0 Å². The molecule has 0 aliphatic carbocycles. The minimum absolute atomic E-state index is 0. The topological polar surface area (TPSA) is 52.8 Å². The van der Waals surface area contributed by atoms with E-state index < -0.39 is 0 Å². The average Bonchev–Trinajstić information content (AvgIpc) is 3.12. The summed E-state index contributed by atoms with van der Waals surface area (Å²) in [5.41, 5.74) is 0. The van der Waals surface area contributed by atoms with Crippen LogP contribution in [0.4, 0.5) is 0 Å². The molecule has 5 nitrogen and oxygen atoms in total. The van der Waals surface area contributed by atoms with Crippen LogP contribution < -0.4 is 10.6 Å². The van der Waals surface area contributed by atoms with E-state index in [1.807, 2.05) is 12.1 Å². The highest BCUT2D eigenvalue weighted by atomic mass is 127. The van der Waals surface area contributed by atoms with Gasteiger partial charge >= 0.3 is 0 Å². The van der Waals surface area contributed by atoms with Gasteiger partial charge in [-0.15, -0.1) is 24.0 Å². The van der Waals surface area contributed by atoms with Gasteiger partial charge in [0.2, 0.25) is 0 Å². The molecule has 0 radical (unpaired) electrons. The molecule has 152 valence electrons. The summed E-state index contributed by atoms with van der Waals surface area (Å²) in [7, 11) is 0. The summed E-state index contributed by atoms with van der Waals surface area (Å²) in [6.07, 6.45) is 7.26. The van der Waals surface area contributed by atoms with Crippen molar-refractivity contribution in [1.82, 2.24) is 15.5 Å². The maximum Gasteiger partial charge on any atom is 0.191 e. The molecule has 0 aliphatic rings. The van der Waals surface area contributed by atoms with Gasteiger partial charge in [-0.25, -0.2) is 0 Å². The Hall–Kier alpha value is -0.760. The molecule has 1 aromatic heterocycles. The van der Waals surface area contributed by atoms with Gasteiger partial charge < -0.3 is 20.0 Å². The zero-order chi connectivity index (χ0) is 18.3. The third-order valence-corrected chi connectivity index (χ3v) is 4.41. The van der Waals surface area contributed by atoms with Crippen molar-refractivity contribution in [2.45, 2.75) is 65.8 Å². The molecule has 0 aromatic carbocycles. The number of unbranched alkanes of at least 4 members (excludes halogenated alkanes) is 1. The van der Waals surface area contributed by atoms with Crippen LogP contribution in [0, 0.1) is 0 Å². The summed E-state index contributed by atoms with van der Waals surface area (Å²) in [6, 6.07) is 4.37. The number of halogens is 1. The van der Waals surface area contributed by atoms with Crippen molar-refractivity contribution in [2.24, 2.45) is 4.99 Å². The lowest BCUT2D eigenvalue weighted by Crippen LogP contribution is -2.43. The van der Waals surface area contributed by atoms with Crippen LogP contribution >= 0.6 is 24.0 Å². The van der Waals surface area contributed by atoms with Gasteiger partial charge in [-0.3, -0.25) is 4.99 Å².